The van der Waals surface area contributed by atoms with E-state index in [9.17, 15) is 4.79 Å². The van der Waals surface area contributed by atoms with E-state index in [-0.39, 0.29) is 5.91 Å². The van der Waals surface area contributed by atoms with Crippen molar-refractivity contribution in [2.75, 3.05) is 39.8 Å². The van der Waals surface area contributed by atoms with E-state index in [2.05, 4.69) is 11.0 Å². The van der Waals surface area contributed by atoms with Gasteiger partial charge in [0.2, 0.25) is 5.91 Å². The van der Waals surface area contributed by atoms with Crippen LogP contribution in [0.5, 0.6) is 5.75 Å². The van der Waals surface area contributed by atoms with Gasteiger partial charge in [0.05, 0.1) is 7.11 Å². The average Bonchev–Trinajstić information content (AvgIpc) is 2.72. The van der Waals surface area contributed by atoms with Gasteiger partial charge < -0.3 is 9.64 Å². The Bertz CT molecular complexity index is 740. The Kier molecular flexibility index (Phi) is 7.13. The maximum Gasteiger partial charge on any atom is 0.222 e. The lowest BCUT2D eigenvalue weighted by Gasteiger charge is -2.35. The number of carbonyl (C=O) groups is 1. The minimum atomic E-state index is 0.247. The Hall–Kier alpha value is -2.04. The molecular weight excluding hydrogens is 360 g/mol. The number of benzene rings is 2. The molecule has 1 heterocycles. The molecule has 1 amide bonds. The van der Waals surface area contributed by atoms with Gasteiger partial charge in [-0.1, -0.05) is 41.9 Å². The maximum atomic E-state index is 12.5. The van der Waals surface area contributed by atoms with Crippen molar-refractivity contribution >= 4 is 17.5 Å². The summed E-state index contributed by atoms with van der Waals surface area (Å²) in [6, 6.07) is 16.0. The predicted octanol–water partition coefficient (Wildman–Crippen LogP) is 3.67. The van der Waals surface area contributed by atoms with Gasteiger partial charge in [-0.15, -0.1) is 0 Å². The van der Waals surface area contributed by atoms with E-state index in [1.807, 2.05) is 47.4 Å². The van der Waals surface area contributed by atoms with Crippen molar-refractivity contribution in [2.45, 2.75) is 19.3 Å². The Balaban J connectivity index is 1.39. The molecule has 144 valence electrons. The van der Waals surface area contributed by atoms with Crippen LogP contribution in [0.1, 0.15) is 17.5 Å². The van der Waals surface area contributed by atoms with Gasteiger partial charge in [0.25, 0.3) is 0 Å². The van der Waals surface area contributed by atoms with E-state index in [1.54, 1.807) is 7.11 Å². The van der Waals surface area contributed by atoms with E-state index < -0.39 is 0 Å². The third-order valence-electron chi connectivity index (χ3n) is 5.17. The second kappa shape index (κ2) is 9.77. The molecule has 2 aromatic carbocycles. The fourth-order valence-corrected chi connectivity index (χ4v) is 3.63. The maximum absolute atomic E-state index is 12.5. The molecule has 0 aliphatic carbocycles. The van der Waals surface area contributed by atoms with Gasteiger partial charge in [0.1, 0.15) is 5.75 Å². The first kappa shape index (κ1) is 19.7. The number of hydrogen-bond acceptors (Lipinski definition) is 3. The standard InChI is InChI=1S/C22H27ClN2O2/c1-27-20-9-6-18(7-10-20)8-11-22(26)25-16-14-24(15-17-25)13-12-19-4-2-3-5-21(19)23/h2-7,9-10H,8,11-17H2,1H3. The van der Waals surface area contributed by atoms with Crippen molar-refractivity contribution in [3.05, 3.63) is 64.7 Å². The quantitative estimate of drug-likeness (QED) is 0.727. The Morgan fingerprint density at radius 1 is 1.00 bits per heavy atom. The lowest BCUT2D eigenvalue weighted by molar-refractivity contribution is -0.132. The summed E-state index contributed by atoms with van der Waals surface area (Å²) >= 11 is 6.23. The van der Waals surface area contributed by atoms with Gasteiger partial charge in [-0.05, 0) is 42.2 Å². The molecule has 0 spiro atoms. The highest BCUT2D eigenvalue weighted by atomic mass is 35.5. The number of rotatable bonds is 7. The molecule has 3 rings (SSSR count). The molecule has 0 aromatic heterocycles. The van der Waals surface area contributed by atoms with Crippen LogP contribution in [0.15, 0.2) is 48.5 Å². The fraction of sp³-hybridized carbons (Fsp3) is 0.409. The molecule has 2 aromatic rings. The molecule has 4 nitrogen and oxygen atoms in total. The molecule has 0 bridgehead atoms. The van der Waals surface area contributed by atoms with Crippen molar-refractivity contribution in [3.8, 4) is 5.75 Å². The number of nitrogens with zero attached hydrogens (tertiary/aromatic N) is 2. The molecule has 0 unspecified atom stereocenters. The zero-order valence-corrected chi connectivity index (χ0v) is 16.6. The summed E-state index contributed by atoms with van der Waals surface area (Å²) in [5, 5.41) is 0.838. The molecule has 1 fully saturated rings. The lowest BCUT2D eigenvalue weighted by Crippen LogP contribution is -2.49. The summed E-state index contributed by atoms with van der Waals surface area (Å²) in [4.78, 5) is 16.9. The van der Waals surface area contributed by atoms with E-state index in [0.29, 0.717) is 6.42 Å². The molecule has 1 aliphatic heterocycles. The first-order valence-corrected chi connectivity index (χ1v) is 9.90. The zero-order chi connectivity index (χ0) is 19.1. The minimum absolute atomic E-state index is 0.247. The van der Waals surface area contributed by atoms with Crippen LogP contribution in [0.3, 0.4) is 0 Å². The average molecular weight is 387 g/mol. The van der Waals surface area contributed by atoms with Gasteiger partial charge >= 0.3 is 0 Å². The first-order chi connectivity index (χ1) is 13.2. The van der Waals surface area contributed by atoms with E-state index in [1.165, 1.54) is 11.1 Å². The third-order valence-corrected chi connectivity index (χ3v) is 5.54. The highest BCUT2D eigenvalue weighted by molar-refractivity contribution is 6.31. The molecule has 0 radical (unpaired) electrons. The summed E-state index contributed by atoms with van der Waals surface area (Å²) in [5.41, 5.74) is 2.36. The lowest BCUT2D eigenvalue weighted by atomic mass is 10.1. The summed E-state index contributed by atoms with van der Waals surface area (Å²) < 4.78 is 5.17. The van der Waals surface area contributed by atoms with Crippen LogP contribution in [-0.2, 0) is 17.6 Å². The van der Waals surface area contributed by atoms with Crippen molar-refractivity contribution in [1.82, 2.24) is 9.80 Å². The predicted molar refractivity (Wildman–Crippen MR) is 109 cm³/mol. The monoisotopic (exact) mass is 386 g/mol. The van der Waals surface area contributed by atoms with Gasteiger partial charge in [0.15, 0.2) is 0 Å². The first-order valence-electron chi connectivity index (χ1n) is 9.52. The van der Waals surface area contributed by atoms with Crippen molar-refractivity contribution in [1.29, 1.82) is 0 Å². The molecule has 0 atom stereocenters. The fourth-order valence-electron chi connectivity index (χ4n) is 3.40. The molecule has 1 aliphatic rings. The number of halogens is 1. The van der Waals surface area contributed by atoms with E-state index in [4.69, 9.17) is 16.3 Å². The number of piperazine rings is 1. The number of aryl methyl sites for hydroxylation is 1. The van der Waals surface area contributed by atoms with Crippen LogP contribution in [-0.4, -0.2) is 55.5 Å². The Labute approximate surface area is 166 Å². The van der Waals surface area contributed by atoms with Gasteiger partial charge in [-0.25, -0.2) is 0 Å². The Morgan fingerprint density at radius 2 is 1.70 bits per heavy atom. The van der Waals surface area contributed by atoms with Crippen LogP contribution in [0.4, 0.5) is 0 Å². The molecule has 27 heavy (non-hydrogen) atoms. The number of carbonyl (C=O) groups excluding carboxylic acids is 1. The van der Waals surface area contributed by atoms with Gasteiger partial charge in [-0.2, -0.15) is 0 Å². The molecular formula is C22H27ClN2O2. The van der Waals surface area contributed by atoms with Crippen LogP contribution < -0.4 is 4.74 Å². The summed E-state index contributed by atoms with van der Waals surface area (Å²) in [5.74, 6) is 1.09. The van der Waals surface area contributed by atoms with Crippen LogP contribution in [0, 0.1) is 0 Å². The van der Waals surface area contributed by atoms with Crippen LogP contribution >= 0.6 is 11.6 Å². The molecule has 0 N–H and O–H groups in total. The number of ether oxygens (including phenoxy) is 1. The summed E-state index contributed by atoms with van der Waals surface area (Å²) in [7, 11) is 1.66. The molecule has 1 saturated heterocycles. The number of hydrogen-bond donors (Lipinski definition) is 0. The normalized spacial score (nSPS) is 15.0. The second-order valence-electron chi connectivity index (χ2n) is 6.91. The largest absolute Gasteiger partial charge is 0.497 e. The van der Waals surface area contributed by atoms with Crippen LogP contribution in [0.2, 0.25) is 5.02 Å². The number of amides is 1. The van der Waals surface area contributed by atoms with Crippen LogP contribution in [0.25, 0.3) is 0 Å². The van der Waals surface area contributed by atoms with Crippen molar-refractivity contribution in [3.63, 3.8) is 0 Å². The number of methoxy groups -OCH3 is 1. The van der Waals surface area contributed by atoms with Gasteiger partial charge in [-0.3, -0.25) is 9.69 Å². The smallest absolute Gasteiger partial charge is 0.222 e. The topological polar surface area (TPSA) is 32.8 Å². The molecule has 0 saturated carbocycles. The van der Waals surface area contributed by atoms with E-state index in [0.717, 1.165) is 56.3 Å². The summed E-state index contributed by atoms with van der Waals surface area (Å²) in [6.45, 7) is 4.46. The van der Waals surface area contributed by atoms with E-state index >= 15 is 0 Å². The highest BCUT2D eigenvalue weighted by Gasteiger charge is 2.20. The SMILES string of the molecule is COc1ccc(CCC(=O)N2CCN(CCc3ccccc3Cl)CC2)cc1. The summed E-state index contributed by atoms with van der Waals surface area (Å²) in [6.07, 6.45) is 2.28. The third kappa shape index (κ3) is 5.72. The van der Waals surface area contributed by atoms with Gasteiger partial charge in [0, 0.05) is 44.2 Å². The minimum Gasteiger partial charge on any atom is -0.497 e. The second-order valence-corrected chi connectivity index (χ2v) is 7.32. The zero-order valence-electron chi connectivity index (χ0n) is 15.9. The Morgan fingerprint density at radius 3 is 2.37 bits per heavy atom. The highest BCUT2D eigenvalue weighted by Crippen LogP contribution is 2.17. The van der Waals surface area contributed by atoms with Crippen molar-refractivity contribution < 1.29 is 9.53 Å². The van der Waals surface area contributed by atoms with Crippen molar-refractivity contribution in [2.24, 2.45) is 0 Å². The molecule has 5 heteroatoms.